The third-order valence-electron chi connectivity index (χ3n) is 5.76. The van der Waals surface area contributed by atoms with Gasteiger partial charge in [-0.3, -0.25) is 9.69 Å². The molecule has 2 unspecified atom stereocenters. The number of morpholine rings is 1. The van der Waals surface area contributed by atoms with Gasteiger partial charge in [0.15, 0.2) is 0 Å². The number of sulfonamides is 1. The lowest BCUT2D eigenvalue weighted by atomic mass is 10.3. The second-order valence-corrected chi connectivity index (χ2v) is 10.7. The summed E-state index contributed by atoms with van der Waals surface area (Å²) < 4.78 is 33.0. The maximum Gasteiger partial charge on any atom is 0.243 e. The number of hydrogen-bond donors (Lipinski definition) is 1. The maximum atomic E-state index is 12.9. The summed E-state index contributed by atoms with van der Waals surface area (Å²) in [6.45, 7) is 5.89. The van der Waals surface area contributed by atoms with Gasteiger partial charge in [0.05, 0.1) is 23.6 Å². The fourth-order valence-corrected chi connectivity index (χ4v) is 5.58. The van der Waals surface area contributed by atoms with Crippen LogP contribution in [0.25, 0.3) is 0 Å². The van der Waals surface area contributed by atoms with E-state index in [4.69, 9.17) is 4.74 Å². The first-order valence-corrected chi connectivity index (χ1v) is 12.0. The molecule has 0 radical (unpaired) electrons. The van der Waals surface area contributed by atoms with E-state index in [1.165, 1.54) is 30.0 Å². The Balaban J connectivity index is 1.36. The van der Waals surface area contributed by atoms with E-state index in [1.807, 2.05) is 13.8 Å². The van der Waals surface area contributed by atoms with E-state index in [2.05, 4.69) is 10.2 Å². The van der Waals surface area contributed by atoms with Gasteiger partial charge in [-0.15, -0.1) is 0 Å². The van der Waals surface area contributed by atoms with Crippen molar-refractivity contribution < 1.29 is 17.9 Å². The van der Waals surface area contributed by atoms with Crippen LogP contribution in [0.4, 0.5) is 5.69 Å². The van der Waals surface area contributed by atoms with Crippen LogP contribution in [0.15, 0.2) is 29.2 Å². The zero-order valence-electron chi connectivity index (χ0n) is 17.2. The van der Waals surface area contributed by atoms with Crippen LogP contribution in [-0.4, -0.2) is 68.0 Å². The van der Waals surface area contributed by atoms with Gasteiger partial charge in [-0.1, -0.05) is 0 Å². The minimum atomic E-state index is -3.57. The first-order valence-electron chi connectivity index (χ1n) is 10.6. The number of rotatable bonds is 8. The number of carbonyl (C=O) groups is 1. The molecule has 3 aliphatic rings. The highest BCUT2D eigenvalue weighted by molar-refractivity contribution is 7.89. The zero-order chi connectivity index (χ0) is 20.6. The maximum absolute atomic E-state index is 12.9. The quantitative estimate of drug-likeness (QED) is 0.697. The Kier molecular flexibility index (Phi) is 5.97. The molecule has 1 amide bonds. The Hall–Kier alpha value is -1.48. The van der Waals surface area contributed by atoms with E-state index >= 15 is 0 Å². The predicted octanol–water partition coefficient (Wildman–Crippen LogP) is 2.30. The monoisotopic (exact) mass is 421 g/mol. The molecular formula is C21H31N3O4S. The highest BCUT2D eigenvalue weighted by Gasteiger charge is 2.35. The minimum absolute atomic E-state index is 0.0380. The largest absolute Gasteiger partial charge is 0.373 e. The zero-order valence-corrected chi connectivity index (χ0v) is 18.0. The van der Waals surface area contributed by atoms with Crippen molar-refractivity contribution in [2.75, 3.05) is 31.5 Å². The summed E-state index contributed by atoms with van der Waals surface area (Å²) in [6.07, 6.45) is 4.67. The van der Waals surface area contributed by atoms with Crippen LogP contribution in [0.1, 0.15) is 39.5 Å². The van der Waals surface area contributed by atoms with Crippen molar-refractivity contribution >= 4 is 21.6 Å². The summed E-state index contributed by atoms with van der Waals surface area (Å²) in [6, 6.07) is 7.03. The topological polar surface area (TPSA) is 79.0 Å². The fourth-order valence-electron chi connectivity index (χ4n) is 3.99. The van der Waals surface area contributed by atoms with Crippen LogP contribution in [0.3, 0.4) is 0 Å². The normalized spacial score (nSPS) is 25.9. The van der Waals surface area contributed by atoms with Crippen molar-refractivity contribution in [1.29, 1.82) is 0 Å². The van der Waals surface area contributed by atoms with Gasteiger partial charge >= 0.3 is 0 Å². The van der Waals surface area contributed by atoms with Gasteiger partial charge in [-0.05, 0) is 69.7 Å². The molecule has 0 aromatic heterocycles. The molecule has 29 heavy (non-hydrogen) atoms. The number of hydrogen-bond acceptors (Lipinski definition) is 5. The molecule has 4 rings (SSSR count). The molecule has 1 saturated heterocycles. The van der Waals surface area contributed by atoms with Gasteiger partial charge in [-0.25, -0.2) is 8.42 Å². The van der Waals surface area contributed by atoms with Crippen molar-refractivity contribution in [2.45, 2.75) is 62.7 Å². The molecule has 1 N–H and O–H groups in total. The average molecular weight is 422 g/mol. The van der Waals surface area contributed by atoms with E-state index in [0.29, 0.717) is 31.4 Å². The number of nitrogens with one attached hydrogen (secondary N) is 1. The molecule has 2 saturated carbocycles. The summed E-state index contributed by atoms with van der Waals surface area (Å²) in [5, 5.41) is 2.91. The molecule has 3 fully saturated rings. The van der Waals surface area contributed by atoms with Crippen LogP contribution in [0.2, 0.25) is 0 Å². The minimum Gasteiger partial charge on any atom is -0.373 e. The lowest BCUT2D eigenvalue weighted by molar-refractivity contribution is -0.117. The molecular weight excluding hydrogens is 390 g/mol. The van der Waals surface area contributed by atoms with Crippen LogP contribution < -0.4 is 5.32 Å². The number of nitrogens with zero attached hydrogens (tertiary/aromatic N) is 2. The van der Waals surface area contributed by atoms with Gasteiger partial charge in [0.1, 0.15) is 0 Å². The molecule has 1 aromatic carbocycles. The number of anilines is 1. The van der Waals surface area contributed by atoms with Crippen LogP contribution >= 0.6 is 0 Å². The number of ether oxygens (including phenoxy) is 1. The summed E-state index contributed by atoms with van der Waals surface area (Å²) in [7, 11) is -3.57. The van der Waals surface area contributed by atoms with Gasteiger partial charge in [0.2, 0.25) is 15.9 Å². The molecule has 160 valence electrons. The van der Waals surface area contributed by atoms with Crippen molar-refractivity contribution in [3.63, 3.8) is 0 Å². The Morgan fingerprint density at radius 1 is 1.10 bits per heavy atom. The van der Waals surface area contributed by atoms with Crippen molar-refractivity contribution in [2.24, 2.45) is 5.92 Å². The second-order valence-electron chi connectivity index (χ2n) is 8.76. The molecule has 8 heteroatoms. The predicted molar refractivity (Wildman–Crippen MR) is 111 cm³/mol. The van der Waals surface area contributed by atoms with Gasteiger partial charge in [0, 0.05) is 31.4 Å². The smallest absolute Gasteiger partial charge is 0.243 e. The van der Waals surface area contributed by atoms with E-state index in [1.54, 1.807) is 24.3 Å². The summed E-state index contributed by atoms with van der Waals surface area (Å²) in [5.41, 5.74) is 0.625. The Labute approximate surface area is 173 Å². The third kappa shape index (κ3) is 5.36. The average Bonchev–Trinajstić information content (AvgIpc) is 3.54. The van der Waals surface area contributed by atoms with Gasteiger partial charge in [-0.2, -0.15) is 4.31 Å². The molecule has 7 nitrogen and oxygen atoms in total. The summed E-state index contributed by atoms with van der Waals surface area (Å²) in [4.78, 5) is 15.0. The number of amides is 1. The molecule has 0 bridgehead atoms. The van der Waals surface area contributed by atoms with Crippen molar-refractivity contribution in [3.8, 4) is 0 Å². The molecule has 2 aliphatic carbocycles. The molecule has 2 atom stereocenters. The van der Waals surface area contributed by atoms with Crippen molar-refractivity contribution in [1.82, 2.24) is 9.21 Å². The lowest BCUT2D eigenvalue weighted by Gasteiger charge is -2.34. The Bertz CT molecular complexity index is 824. The Morgan fingerprint density at radius 3 is 2.28 bits per heavy atom. The molecule has 1 aliphatic heterocycles. The second kappa shape index (κ2) is 8.34. The standard InChI is InChI=1S/C21H31N3O4S/c1-15-11-24(12-16(2)28-15)29(26,27)20-9-5-18(6-10-20)22-21(25)14-23(19-7-8-19)13-17-3-4-17/h5-6,9-10,15-17,19H,3-4,7-8,11-14H2,1-2H3,(H,22,25). The third-order valence-corrected chi connectivity index (χ3v) is 7.61. The van der Waals surface area contributed by atoms with E-state index in [9.17, 15) is 13.2 Å². The van der Waals surface area contributed by atoms with Gasteiger partial charge in [0.25, 0.3) is 0 Å². The molecule has 1 heterocycles. The van der Waals surface area contributed by atoms with Crippen molar-refractivity contribution in [3.05, 3.63) is 24.3 Å². The molecule has 0 spiro atoms. The first-order chi connectivity index (χ1) is 13.8. The highest BCUT2D eigenvalue weighted by Crippen LogP contribution is 2.34. The van der Waals surface area contributed by atoms with Gasteiger partial charge < -0.3 is 10.1 Å². The Morgan fingerprint density at radius 2 is 1.72 bits per heavy atom. The van der Waals surface area contributed by atoms with Crippen LogP contribution in [0.5, 0.6) is 0 Å². The van der Waals surface area contributed by atoms with Crippen LogP contribution in [-0.2, 0) is 19.6 Å². The number of benzene rings is 1. The fraction of sp³-hybridized carbons (Fsp3) is 0.667. The SMILES string of the molecule is CC1CN(S(=O)(=O)c2ccc(NC(=O)CN(CC3CC3)C3CC3)cc2)CC(C)O1. The summed E-state index contributed by atoms with van der Waals surface area (Å²) in [5.74, 6) is 0.725. The molecule has 1 aromatic rings. The highest BCUT2D eigenvalue weighted by atomic mass is 32.2. The first kappa shape index (κ1) is 20.8. The van der Waals surface area contributed by atoms with Crippen LogP contribution in [0, 0.1) is 5.92 Å². The lowest BCUT2D eigenvalue weighted by Crippen LogP contribution is -2.48. The van der Waals surface area contributed by atoms with E-state index in [0.717, 1.165) is 12.5 Å². The van der Waals surface area contributed by atoms with E-state index in [-0.39, 0.29) is 23.0 Å². The number of carbonyl (C=O) groups excluding carboxylic acids is 1. The van der Waals surface area contributed by atoms with E-state index < -0.39 is 10.0 Å². The summed E-state index contributed by atoms with van der Waals surface area (Å²) >= 11 is 0.